The van der Waals surface area contributed by atoms with Crippen LogP contribution in [0.3, 0.4) is 0 Å². The number of nitrogens with one attached hydrogen (secondary N) is 1. The van der Waals surface area contributed by atoms with Crippen LogP contribution in [0.4, 0.5) is 4.79 Å². The first-order chi connectivity index (χ1) is 8.13. The van der Waals surface area contributed by atoms with Crippen molar-refractivity contribution in [2.24, 2.45) is 0 Å². The Kier molecular flexibility index (Phi) is 2.66. The van der Waals surface area contributed by atoms with E-state index in [0.29, 0.717) is 12.1 Å². The van der Waals surface area contributed by atoms with Gasteiger partial charge in [0.15, 0.2) is 0 Å². The lowest BCUT2D eigenvalue weighted by Crippen LogP contribution is -2.35. The number of urea groups is 1. The zero-order valence-electron chi connectivity index (χ0n) is 8.84. The number of nitrogens with zero attached hydrogens (tertiary/aromatic N) is 2. The van der Waals surface area contributed by atoms with Gasteiger partial charge in [-0.05, 0) is 6.07 Å². The number of amides is 3. The fourth-order valence-corrected chi connectivity index (χ4v) is 1.29. The van der Waals surface area contributed by atoms with E-state index in [4.69, 9.17) is 9.68 Å². The number of furan rings is 1. The molecule has 1 aliphatic rings. The molecule has 0 bridgehead atoms. The van der Waals surface area contributed by atoms with Crippen LogP contribution in [0.1, 0.15) is 5.56 Å². The molecule has 6 nitrogen and oxygen atoms in total. The van der Waals surface area contributed by atoms with Crippen molar-refractivity contribution in [3.63, 3.8) is 0 Å². The van der Waals surface area contributed by atoms with Crippen molar-refractivity contribution in [1.29, 1.82) is 5.26 Å². The van der Waals surface area contributed by atoms with Crippen LogP contribution in [0.15, 0.2) is 29.6 Å². The van der Waals surface area contributed by atoms with Crippen LogP contribution in [0.2, 0.25) is 0 Å². The van der Waals surface area contributed by atoms with E-state index in [1.807, 2.05) is 6.07 Å². The summed E-state index contributed by atoms with van der Waals surface area (Å²) in [6.45, 7) is 3.92. The van der Waals surface area contributed by atoms with E-state index in [1.54, 1.807) is 6.07 Å². The highest BCUT2D eigenvalue weighted by Crippen LogP contribution is 2.17. The highest BCUT2D eigenvalue weighted by molar-refractivity contribution is 6.22. The molecule has 1 aromatic heterocycles. The van der Waals surface area contributed by atoms with Gasteiger partial charge >= 0.3 is 6.03 Å². The Morgan fingerprint density at radius 2 is 2.41 bits per heavy atom. The molecule has 3 amide bonds. The normalized spacial score (nSPS) is 17.1. The molecule has 0 spiro atoms. The van der Waals surface area contributed by atoms with Crippen molar-refractivity contribution >= 4 is 17.5 Å². The van der Waals surface area contributed by atoms with Gasteiger partial charge in [0, 0.05) is 11.1 Å². The molecule has 0 aromatic carbocycles. The van der Waals surface area contributed by atoms with Gasteiger partial charge < -0.3 is 9.32 Å². The Hall–Kier alpha value is -2.55. The molecule has 1 N–H and O–H groups in total. The number of hydrogen-bond acceptors (Lipinski definition) is 4. The summed E-state index contributed by atoms with van der Waals surface area (Å²) in [5, 5.41) is 10.7. The molecule has 1 atom stereocenters. The number of hydrogen-bond donors (Lipinski definition) is 1. The molecule has 1 saturated heterocycles. The minimum atomic E-state index is -0.597. The summed E-state index contributed by atoms with van der Waals surface area (Å²) >= 11 is 0. The Labute approximate surface area is 97.1 Å². The third kappa shape index (κ3) is 2.18. The van der Waals surface area contributed by atoms with Gasteiger partial charge in [-0.3, -0.25) is 10.1 Å². The van der Waals surface area contributed by atoms with E-state index < -0.39 is 18.0 Å². The van der Waals surface area contributed by atoms with Crippen LogP contribution in [0, 0.1) is 11.3 Å². The maximum atomic E-state index is 11.6. The van der Waals surface area contributed by atoms with E-state index in [-0.39, 0.29) is 5.57 Å². The van der Waals surface area contributed by atoms with Gasteiger partial charge in [0.2, 0.25) is 0 Å². The molecule has 0 aliphatic carbocycles. The molecule has 17 heavy (non-hydrogen) atoms. The molecule has 1 fully saturated rings. The lowest BCUT2D eigenvalue weighted by molar-refractivity contribution is -0.114. The molecule has 2 rings (SSSR count). The zero-order chi connectivity index (χ0) is 12.4. The third-order valence-corrected chi connectivity index (χ3v) is 2.39. The lowest BCUT2D eigenvalue weighted by atomic mass is 10.1. The molecule has 1 aromatic rings. The average molecular weight is 231 g/mol. The summed E-state index contributed by atoms with van der Waals surface area (Å²) < 4.78 is 4.81. The van der Waals surface area contributed by atoms with Gasteiger partial charge in [-0.15, -0.1) is 0 Å². The van der Waals surface area contributed by atoms with Crippen LogP contribution in [0.25, 0.3) is 5.57 Å². The van der Waals surface area contributed by atoms with Gasteiger partial charge in [0.05, 0.1) is 25.1 Å². The van der Waals surface area contributed by atoms with E-state index in [1.165, 1.54) is 17.4 Å². The molecule has 86 valence electrons. The van der Waals surface area contributed by atoms with E-state index in [9.17, 15) is 9.59 Å². The lowest BCUT2D eigenvalue weighted by Gasteiger charge is -2.05. The number of rotatable bonds is 2. The van der Waals surface area contributed by atoms with Crippen LogP contribution >= 0.6 is 0 Å². The summed E-state index contributed by atoms with van der Waals surface area (Å²) in [7, 11) is 0. The molecule has 2 heterocycles. The largest absolute Gasteiger partial charge is 0.472 e. The molecule has 1 unspecified atom stereocenters. The Balaban J connectivity index is 1.92. The van der Waals surface area contributed by atoms with Gasteiger partial charge in [-0.1, -0.05) is 6.58 Å². The van der Waals surface area contributed by atoms with Gasteiger partial charge in [-0.2, -0.15) is 5.26 Å². The first kappa shape index (κ1) is 11.0. The van der Waals surface area contributed by atoms with Crippen molar-refractivity contribution in [3.05, 3.63) is 30.7 Å². The molecule has 1 aliphatic heterocycles. The Bertz CT molecular complexity index is 513. The summed E-state index contributed by atoms with van der Waals surface area (Å²) in [4.78, 5) is 24.3. The summed E-state index contributed by atoms with van der Waals surface area (Å²) in [5.41, 5.74) is 0.653. The molecular formula is C11H9N3O3. The summed E-state index contributed by atoms with van der Waals surface area (Å²) in [6, 6.07) is 2.48. The third-order valence-electron chi connectivity index (χ3n) is 2.39. The maximum Gasteiger partial charge on any atom is 0.325 e. The fourth-order valence-electron chi connectivity index (χ4n) is 1.29. The Morgan fingerprint density at radius 1 is 1.65 bits per heavy atom. The number of nitriles is 1. The quantitative estimate of drug-likeness (QED) is 0.600. The smallest absolute Gasteiger partial charge is 0.325 e. The minimum absolute atomic E-state index is 0.141. The molecule has 0 saturated carbocycles. The monoisotopic (exact) mass is 231 g/mol. The first-order valence-corrected chi connectivity index (χ1v) is 4.86. The summed E-state index contributed by atoms with van der Waals surface area (Å²) in [6.07, 6.45) is 2.77. The predicted octanol–water partition coefficient (Wildman–Crippen LogP) is 0.737. The fraction of sp³-hybridized carbons (Fsp3) is 0.182. The number of carbonyl (C=O) groups is 2. The second-order valence-electron chi connectivity index (χ2n) is 3.55. The van der Waals surface area contributed by atoms with E-state index >= 15 is 0 Å². The van der Waals surface area contributed by atoms with Crippen molar-refractivity contribution in [2.75, 3.05) is 6.54 Å². The second-order valence-corrected chi connectivity index (χ2v) is 3.55. The van der Waals surface area contributed by atoms with Crippen molar-refractivity contribution in [3.8, 4) is 6.07 Å². The average Bonchev–Trinajstić information content (AvgIpc) is 2.92. The van der Waals surface area contributed by atoms with E-state index in [2.05, 4.69) is 11.9 Å². The second kappa shape index (κ2) is 4.14. The first-order valence-electron chi connectivity index (χ1n) is 4.86. The van der Waals surface area contributed by atoms with E-state index in [0.717, 1.165) is 0 Å². The van der Waals surface area contributed by atoms with Gasteiger partial charge in [0.1, 0.15) is 6.04 Å². The van der Waals surface area contributed by atoms with Crippen molar-refractivity contribution in [1.82, 2.24) is 10.2 Å². The van der Waals surface area contributed by atoms with Crippen molar-refractivity contribution in [2.45, 2.75) is 6.04 Å². The van der Waals surface area contributed by atoms with Crippen LogP contribution in [-0.4, -0.2) is 29.4 Å². The van der Waals surface area contributed by atoms with Crippen LogP contribution in [0.5, 0.6) is 0 Å². The van der Waals surface area contributed by atoms with Crippen LogP contribution in [-0.2, 0) is 4.79 Å². The topological polar surface area (TPSA) is 86.1 Å². The predicted molar refractivity (Wildman–Crippen MR) is 57.4 cm³/mol. The molecule has 6 heteroatoms. The van der Waals surface area contributed by atoms with Crippen LogP contribution < -0.4 is 5.32 Å². The summed E-state index contributed by atoms with van der Waals surface area (Å²) in [5.74, 6) is -0.597. The van der Waals surface area contributed by atoms with Gasteiger partial charge in [-0.25, -0.2) is 4.79 Å². The van der Waals surface area contributed by atoms with Gasteiger partial charge in [0.25, 0.3) is 5.91 Å². The maximum absolute atomic E-state index is 11.6. The van der Waals surface area contributed by atoms with Crippen molar-refractivity contribution < 1.29 is 14.0 Å². The minimum Gasteiger partial charge on any atom is -0.472 e. The molecule has 0 radical (unpaired) electrons. The standard InChI is InChI=1S/C11H9N3O3/c1-7(8-2-3-17-6-8)10(15)13-11(16)14-5-9(14)4-12/h2-3,6,9H,1,5H2,(H,13,15,16). The molecular weight excluding hydrogens is 222 g/mol. The number of imide groups is 1. The number of carbonyl (C=O) groups excluding carboxylic acids is 2. The SMILES string of the molecule is C=C(C(=O)NC(=O)N1CC1C#N)c1ccoc1. The Morgan fingerprint density at radius 3 is 2.94 bits per heavy atom. The zero-order valence-corrected chi connectivity index (χ0v) is 8.84. The highest BCUT2D eigenvalue weighted by Gasteiger charge is 2.39. The highest BCUT2D eigenvalue weighted by atomic mass is 16.3.